The van der Waals surface area contributed by atoms with Gasteiger partial charge in [-0.15, -0.1) is 0 Å². The molecule has 1 fully saturated rings. The number of piperidine rings is 1. The number of aliphatic imine (C=N–C) groups is 1. The Morgan fingerprint density at radius 3 is 2.31 bits per heavy atom. The zero-order chi connectivity index (χ0) is 21.6. The predicted molar refractivity (Wildman–Crippen MR) is 114 cm³/mol. The fourth-order valence-corrected chi connectivity index (χ4v) is 3.19. The molecule has 8 nitrogen and oxygen atoms in total. The number of nitrogens with one attached hydrogen (secondary N) is 1. The molecule has 160 valence electrons. The van der Waals surface area contributed by atoms with Crippen LogP contribution in [0.3, 0.4) is 0 Å². The van der Waals surface area contributed by atoms with Crippen LogP contribution in [-0.4, -0.2) is 47.6 Å². The first kappa shape index (κ1) is 22.5. The van der Waals surface area contributed by atoms with E-state index < -0.39 is 17.7 Å². The summed E-state index contributed by atoms with van der Waals surface area (Å²) in [6.45, 7) is 8.97. The highest BCUT2D eigenvalue weighted by molar-refractivity contribution is 5.86. The molecule has 2 amide bonds. The van der Waals surface area contributed by atoms with Gasteiger partial charge in [0.1, 0.15) is 11.6 Å². The topological polar surface area (TPSA) is 123 Å². The lowest BCUT2D eigenvalue weighted by atomic mass is 9.97. The molecule has 1 aromatic rings. The van der Waals surface area contributed by atoms with Gasteiger partial charge in [-0.25, -0.2) is 9.79 Å². The van der Waals surface area contributed by atoms with Gasteiger partial charge in [-0.3, -0.25) is 4.79 Å². The molecule has 0 aromatic heterocycles. The number of ether oxygens (including phenoxy) is 1. The van der Waals surface area contributed by atoms with E-state index in [1.165, 1.54) is 0 Å². The highest BCUT2D eigenvalue weighted by atomic mass is 16.6. The fraction of sp³-hybridized carbons (Fsp3) is 0.571. The number of carbonyl (C=O) groups excluding carboxylic acids is 2. The molecule has 1 aromatic carbocycles. The minimum atomic E-state index is -0.702. The highest BCUT2D eigenvalue weighted by Gasteiger charge is 2.30. The lowest BCUT2D eigenvalue weighted by Gasteiger charge is -2.33. The summed E-state index contributed by atoms with van der Waals surface area (Å²) in [6.07, 6.45) is 1.70. The van der Waals surface area contributed by atoms with Crippen molar-refractivity contribution in [1.29, 1.82) is 0 Å². The number of rotatable bonds is 5. The Hall–Kier alpha value is -2.77. The van der Waals surface area contributed by atoms with E-state index in [2.05, 4.69) is 17.2 Å². The van der Waals surface area contributed by atoms with Gasteiger partial charge in [0, 0.05) is 19.5 Å². The molecule has 0 bridgehead atoms. The maximum Gasteiger partial charge on any atom is 0.408 e. The van der Waals surface area contributed by atoms with E-state index in [-0.39, 0.29) is 11.9 Å². The maximum absolute atomic E-state index is 13.1. The molecule has 8 heteroatoms. The summed E-state index contributed by atoms with van der Waals surface area (Å²) in [4.78, 5) is 31.3. The number of alkyl carbamates (subject to hydrolysis) is 1. The second-order valence-electron chi connectivity index (χ2n) is 8.61. The third-order valence-electron chi connectivity index (χ3n) is 4.72. The Morgan fingerprint density at radius 2 is 1.79 bits per heavy atom. The number of benzene rings is 1. The standard InChI is InChI=1S/C21H33N5O3/c1-14-9-11-26(12-10-14)18(27)17(25-20(28)29-21(2,3)4)13-15-5-7-16(8-6-15)24-19(22)23/h5-8,14,17H,9-13H2,1-4H3,(H,25,28)(H4,22,23,24)/t17-/m0/s1. The highest BCUT2D eigenvalue weighted by Crippen LogP contribution is 2.19. The number of nitrogens with two attached hydrogens (primary N) is 2. The summed E-state index contributed by atoms with van der Waals surface area (Å²) in [5.74, 6) is 0.507. The SMILES string of the molecule is CC1CCN(C(=O)[C@H](Cc2ccc(N=C(N)N)cc2)NC(=O)OC(C)(C)C)CC1. The first-order valence-corrected chi connectivity index (χ1v) is 10.0. The molecule has 1 aliphatic heterocycles. The van der Waals surface area contributed by atoms with Crippen LogP contribution in [-0.2, 0) is 16.0 Å². The number of hydrogen-bond donors (Lipinski definition) is 3. The summed E-state index contributed by atoms with van der Waals surface area (Å²) >= 11 is 0. The van der Waals surface area contributed by atoms with E-state index in [0.717, 1.165) is 18.4 Å². The molecule has 1 aliphatic rings. The Labute approximate surface area is 172 Å². The van der Waals surface area contributed by atoms with E-state index in [4.69, 9.17) is 16.2 Å². The quantitative estimate of drug-likeness (QED) is 0.514. The molecule has 5 N–H and O–H groups in total. The zero-order valence-corrected chi connectivity index (χ0v) is 17.8. The molecule has 0 spiro atoms. The minimum Gasteiger partial charge on any atom is -0.444 e. The molecular weight excluding hydrogens is 370 g/mol. The zero-order valence-electron chi connectivity index (χ0n) is 17.8. The van der Waals surface area contributed by atoms with Crippen LogP contribution in [0.25, 0.3) is 0 Å². The maximum atomic E-state index is 13.1. The van der Waals surface area contributed by atoms with Crippen LogP contribution < -0.4 is 16.8 Å². The monoisotopic (exact) mass is 403 g/mol. The fourth-order valence-electron chi connectivity index (χ4n) is 3.19. The number of amides is 2. The summed E-state index contributed by atoms with van der Waals surface area (Å²) in [5.41, 5.74) is 11.7. The number of nitrogens with zero attached hydrogens (tertiary/aromatic N) is 2. The number of guanidine groups is 1. The molecule has 2 rings (SSSR count). The largest absolute Gasteiger partial charge is 0.444 e. The van der Waals surface area contributed by atoms with Gasteiger partial charge >= 0.3 is 6.09 Å². The number of carbonyl (C=O) groups is 2. The third kappa shape index (κ3) is 7.63. The van der Waals surface area contributed by atoms with Crippen LogP contribution in [0.5, 0.6) is 0 Å². The average Bonchev–Trinajstić information content (AvgIpc) is 2.61. The molecule has 29 heavy (non-hydrogen) atoms. The van der Waals surface area contributed by atoms with Crippen molar-refractivity contribution in [2.75, 3.05) is 13.1 Å². The Kier molecular flexibility index (Phi) is 7.47. The van der Waals surface area contributed by atoms with Crippen LogP contribution in [0.15, 0.2) is 29.3 Å². The first-order valence-electron chi connectivity index (χ1n) is 10.0. The molecule has 0 radical (unpaired) electrons. The molecule has 1 heterocycles. The summed E-state index contributed by atoms with van der Waals surface area (Å²) in [7, 11) is 0. The number of likely N-dealkylation sites (tertiary alicyclic amines) is 1. The molecule has 1 atom stereocenters. The lowest BCUT2D eigenvalue weighted by Crippen LogP contribution is -2.52. The van der Waals surface area contributed by atoms with E-state index in [1.54, 1.807) is 32.9 Å². The number of hydrogen-bond acceptors (Lipinski definition) is 4. The third-order valence-corrected chi connectivity index (χ3v) is 4.72. The van der Waals surface area contributed by atoms with Gasteiger partial charge in [0.15, 0.2) is 5.96 Å². The van der Waals surface area contributed by atoms with Crippen molar-refractivity contribution < 1.29 is 14.3 Å². The van der Waals surface area contributed by atoms with Gasteiger partial charge in [0.05, 0.1) is 5.69 Å². The van der Waals surface area contributed by atoms with Crippen LogP contribution in [0.4, 0.5) is 10.5 Å². The second-order valence-corrected chi connectivity index (χ2v) is 8.61. The normalized spacial score (nSPS) is 16.1. The van der Waals surface area contributed by atoms with Crippen molar-refractivity contribution in [2.24, 2.45) is 22.4 Å². The summed E-state index contributed by atoms with van der Waals surface area (Å²) < 4.78 is 5.36. The van der Waals surface area contributed by atoms with Gasteiger partial charge < -0.3 is 26.4 Å². The molecule has 0 aliphatic carbocycles. The van der Waals surface area contributed by atoms with Crippen molar-refractivity contribution in [3.05, 3.63) is 29.8 Å². The van der Waals surface area contributed by atoms with E-state index in [9.17, 15) is 9.59 Å². The van der Waals surface area contributed by atoms with Crippen molar-refractivity contribution in [3.63, 3.8) is 0 Å². The average molecular weight is 404 g/mol. The minimum absolute atomic E-state index is 0.0169. The molecule has 0 saturated carbocycles. The van der Waals surface area contributed by atoms with Crippen LogP contribution in [0.2, 0.25) is 0 Å². The summed E-state index contributed by atoms with van der Waals surface area (Å²) in [6, 6.07) is 6.53. The van der Waals surface area contributed by atoms with Crippen molar-refractivity contribution >= 4 is 23.6 Å². The van der Waals surface area contributed by atoms with Crippen LogP contribution in [0, 0.1) is 5.92 Å². The van der Waals surface area contributed by atoms with Crippen molar-refractivity contribution in [3.8, 4) is 0 Å². The summed E-state index contributed by atoms with van der Waals surface area (Å²) in [5, 5.41) is 2.76. The van der Waals surface area contributed by atoms with E-state index in [1.807, 2.05) is 17.0 Å². The van der Waals surface area contributed by atoms with E-state index >= 15 is 0 Å². The Bertz CT molecular complexity index is 728. The van der Waals surface area contributed by atoms with Crippen LogP contribution >= 0.6 is 0 Å². The van der Waals surface area contributed by atoms with Crippen molar-refractivity contribution in [1.82, 2.24) is 10.2 Å². The molecule has 0 unspecified atom stereocenters. The molecule has 1 saturated heterocycles. The van der Waals surface area contributed by atoms with Gasteiger partial charge in [-0.1, -0.05) is 19.1 Å². The molecular formula is C21H33N5O3. The van der Waals surface area contributed by atoms with E-state index in [0.29, 0.717) is 31.1 Å². The van der Waals surface area contributed by atoms with Gasteiger partial charge in [0.2, 0.25) is 5.91 Å². The predicted octanol–water partition coefficient (Wildman–Crippen LogP) is 2.29. The second kappa shape index (κ2) is 9.62. The smallest absolute Gasteiger partial charge is 0.408 e. The van der Waals surface area contributed by atoms with Crippen LogP contribution in [0.1, 0.15) is 46.1 Å². The lowest BCUT2D eigenvalue weighted by molar-refractivity contribution is -0.134. The van der Waals surface area contributed by atoms with Crippen molar-refractivity contribution in [2.45, 2.75) is 58.6 Å². The Balaban J connectivity index is 2.14. The first-order chi connectivity index (χ1) is 13.5. The van der Waals surface area contributed by atoms with Gasteiger partial charge in [-0.2, -0.15) is 0 Å². The Morgan fingerprint density at radius 1 is 1.21 bits per heavy atom. The van der Waals surface area contributed by atoms with Gasteiger partial charge in [-0.05, 0) is 57.2 Å². The van der Waals surface area contributed by atoms with Gasteiger partial charge in [0.25, 0.3) is 0 Å².